The maximum atomic E-state index is 13.6. The lowest BCUT2D eigenvalue weighted by molar-refractivity contribution is 0.593. The van der Waals surface area contributed by atoms with Crippen LogP contribution < -0.4 is 5.32 Å². The summed E-state index contributed by atoms with van der Waals surface area (Å²) in [6, 6.07) is 13.6. The number of rotatable bonds is 4. The van der Waals surface area contributed by atoms with Crippen LogP contribution in [0.2, 0.25) is 0 Å². The average molecular weight is 243 g/mol. The van der Waals surface area contributed by atoms with Gasteiger partial charge in [-0.3, -0.25) is 0 Å². The Morgan fingerprint density at radius 3 is 2.56 bits per heavy atom. The lowest BCUT2D eigenvalue weighted by Crippen LogP contribution is -2.12. The fraction of sp³-hybridized carbons (Fsp3) is 0.250. The Morgan fingerprint density at radius 1 is 1.06 bits per heavy atom. The number of hydrogen-bond acceptors (Lipinski definition) is 1. The van der Waals surface area contributed by atoms with Gasteiger partial charge < -0.3 is 5.32 Å². The van der Waals surface area contributed by atoms with E-state index in [4.69, 9.17) is 0 Å². The number of hydrogen-bond donors (Lipinski definition) is 1. The van der Waals surface area contributed by atoms with Gasteiger partial charge >= 0.3 is 0 Å². The molecule has 0 amide bonds. The van der Waals surface area contributed by atoms with Crippen LogP contribution in [0.5, 0.6) is 0 Å². The quantitative estimate of drug-likeness (QED) is 0.858. The van der Waals surface area contributed by atoms with Gasteiger partial charge in [0.15, 0.2) is 0 Å². The van der Waals surface area contributed by atoms with Crippen LogP contribution in [0.15, 0.2) is 42.5 Å². The topological polar surface area (TPSA) is 12.0 Å². The van der Waals surface area contributed by atoms with Crippen molar-refractivity contribution >= 4 is 0 Å². The molecule has 0 aliphatic carbocycles. The SMILES string of the molecule is CCNCc1cc(-c2cccc(C)c2)ccc1F. The smallest absolute Gasteiger partial charge is 0.127 e. The molecule has 0 radical (unpaired) electrons. The summed E-state index contributed by atoms with van der Waals surface area (Å²) in [5.41, 5.74) is 4.13. The second-order valence-electron chi connectivity index (χ2n) is 4.46. The minimum atomic E-state index is -0.146. The van der Waals surface area contributed by atoms with E-state index >= 15 is 0 Å². The van der Waals surface area contributed by atoms with Gasteiger partial charge in [-0.15, -0.1) is 0 Å². The van der Waals surface area contributed by atoms with Gasteiger partial charge in [-0.2, -0.15) is 0 Å². The summed E-state index contributed by atoms with van der Waals surface area (Å²) in [4.78, 5) is 0. The lowest BCUT2D eigenvalue weighted by atomic mass is 10.0. The molecule has 0 fully saturated rings. The molecule has 18 heavy (non-hydrogen) atoms. The highest BCUT2D eigenvalue weighted by atomic mass is 19.1. The zero-order valence-electron chi connectivity index (χ0n) is 10.8. The van der Waals surface area contributed by atoms with Gasteiger partial charge in [0, 0.05) is 12.1 Å². The Labute approximate surface area is 108 Å². The van der Waals surface area contributed by atoms with Crippen molar-refractivity contribution in [1.82, 2.24) is 5.32 Å². The van der Waals surface area contributed by atoms with Gasteiger partial charge in [-0.1, -0.05) is 42.8 Å². The summed E-state index contributed by atoms with van der Waals surface area (Å²) < 4.78 is 13.6. The zero-order valence-corrected chi connectivity index (χ0v) is 10.8. The molecule has 1 N–H and O–H groups in total. The highest BCUT2D eigenvalue weighted by molar-refractivity contribution is 5.65. The fourth-order valence-electron chi connectivity index (χ4n) is 1.97. The van der Waals surface area contributed by atoms with E-state index in [2.05, 4.69) is 30.4 Å². The standard InChI is InChI=1S/C16H18FN/c1-3-18-11-15-10-14(7-8-16(15)17)13-6-4-5-12(2)9-13/h4-10,18H,3,11H2,1-2H3. The van der Waals surface area contributed by atoms with Crippen LogP contribution in [-0.4, -0.2) is 6.54 Å². The molecule has 2 aromatic carbocycles. The largest absolute Gasteiger partial charge is 0.313 e. The van der Waals surface area contributed by atoms with Crippen molar-refractivity contribution in [3.8, 4) is 11.1 Å². The predicted octanol–water partition coefficient (Wildman–Crippen LogP) is 3.91. The van der Waals surface area contributed by atoms with Crippen LogP contribution >= 0.6 is 0 Å². The third kappa shape index (κ3) is 2.96. The molecule has 2 aromatic rings. The molecule has 0 atom stereocenters. The maximum absolute atomic E-state index is 13.6. The van der Waals surface area contributed by atoms with Crippen LogP contribution in [0.3, 0.4) is 0 Å². The second kappa shape index (κ2) is 5.78. The molecule has 2 rings (SSSR count). The Hall–Kier alpha value is -1.67. The monoisotopic (exact) mass is 243 g/mol. The molecule has 0 heterocycles. The van der Waals surface area contributed by atoms with Crippen molar-refractivity contribution < 1.29 is 4.39 Å². The normalized spacial score (nSPS) is 10.6. The Morgan fingerprint density at radius 2 is 1.83 bits per heavy atom. The van der Waals surface area contributed by atoms with Gasteiger partial charge in [0.1, 0.15) is 5.82 Å². The molecule has 0 aliphatic heterocycles. The van der Waals surface area contributed by atoms with Crippen molar-refractivity contribution in [2.75, 3.05) is 6.54 Å². The van der Waals surface area contributed by atoms with Gasteiger partial charge in [0.05, 0.1) is 0 Å². The highest BCUT2D eigenvalue weighted by Crippen LogP contribution is 2.23. The van der Waals surface area contributed by atoms with Crippen LogP contribution in [0, 0.1) is 12.7 Å². The van der Waals surface area contributed by atoms with E-state index in [9.17, 15) is 4.39 Å². The third-order valence-electron chi connectivity index (χ3n) is 2.96. The Balaban J connectivity index is 2.34. The van der Waals surface area contributed by atoms with Gasteiger partial charge in [0.25, 0.3) is 0 Å². The van der Waals surface area contributed by atoms with Crippen molar-refractivity contribution in [3.05, 3.63) is 59.4 Å². The Bertz CT molecular complexity index is 534. The van der Waals surface area contributed by atoms with Crippen molar-refractivity contribution in [2.24, 2.45) is 0 Å². The van der Waals surface area contributed by atoms with E-state index in [1.54, 1.807) is 6.07 Å². The van der Waals surface area contributed by atoms with E-state index < -0.39 is 0 Å². The molecule has 0 spiro atoms. The molecule has 2 heteroatoms. The molecule has 1 nitrogen and oxygen atoms in total. The van der Waals surface area contributed by atoms with Crippen LogP contribution in [0.25, 0.3) is 11.1 Å². The first-order valence-electron chi connectivity index (χ1n) is 6.27. The Kier molecular flexibility index (Phi) is 4.11. The molecule has 0 aliphatic rings. The minimum Gasteiger partial charge on any atom is -0.313 e. The van der Waals surface area contributed by atoms with Gasteiger partial charge in [0.2, 0.25) is 0 Å². The first-order chi connectivity index (χ1) is 8.70. The van der Waals surface area contributed by atoms with E-state index in [0.29, 0.717) is 6.54 Å². The molecule has 0 saturated heterocycles. The first kappa shape index (κ1) is 12.8. The number of nitrogens with one attached hydrogen (secondary N) is 1. The van der Waals surface area contributed by atoms with Gasteiger partial charge in [-0.05, 0) is 36.7 Å². The van der Waals surface area contributed by atoms with Gasteiger partial charge in [-0.25, -0.2) is 4.39 Å². The van der Waals surface area contributed by atoms with Crippen LogP contribution in [-0.2, 0) is 6.54 Å². The zero-order chi connectivity index (χ0) is 13.0. The second-order valence-corrected chi connectivity index (χ2v) is 4.46. The summed E-state index contributed by atoms with van der Waals surface area (Å²) in [6.07, 6.45) is 0. The van der Waals surface area contributed by atoms with E-state index in [0.717, 1.165) is 23.2 Å². The average Bonchev–Trinajstić information content (AvgIpc) is 2.38. The number of aryl methyl sites for hydroxylation is 1. The van der Waals surface area contributed by atoms with Crippen LogP contribution in [0.4, 0.5) is 4.39 Å². The molecule has 94 valence electrons. The molecular weight excluding hydrogens is 225 g/mol. The predicted molar refractivity (Wildman–Crippen MR) is 74.0 cm³/mol. The summed E-state index contributed by atoms with van der Waals surface area (Å²) in [5, 5.41) is 3.16. The minimum absolute atomic E-state index is 0.146. The van der Waals surface area contributed by atoms with E-state index in [1.807, 2.05) is 25.1 Å². The molecule has 0 bridgehead atoms. The molecule has 0 saturated carbocycles. The van der Waals surface area contributed by atoms with Crippen molar-refractivity contribution in [2.45, 2.75) is 20.4 Å². The summed E-state index contributed by atoms with van der Waals surface area (Å²) in [7, 11) is 0. The number of halogens is 1. The highest BCUT2D eigenvalue weighted by Gasteiger charge is 2.05. The van der Waals surface area contributed by atoms with E-state index in [-0.39, 0.29) is 5.82 Å². The fourth-order valence-corrected chi connectivity index (χ4v) is 1.97. The summed E-state index contributed by atoms with van der Waals surface area (Å²) in [5.74, 6) is -0.146. The molecule has 0 aromatic heterocycles. The summed E-state index contributed by atoms with van der Waals surface area (Å²) >= 11 is 0. The lowest BCUT2D eigenvalue weighted by Gasteiger charge is -2.08. The number of benzene rings is 2. The third-order valence-corrected chi connectivity index (χ3v) is 2.96. The van der Waals surface area contributed by atoms with Crippen molar-refractivity contribution in [1.29, 1.82) is 0 Å². The summed E-state index contributed by atoms with van der Waals surface area (Å²) in [6.45, 7) is 5.49. The van der Waals surface area contributed by atoms with Crippen molar-refractivity contribution in [3.63, 3.8) is 0 Å². The molecule has 0 unspecified atom stereocenters. The van der Waals surface area contributed by atoms with Crippen LogP contribution in [0.1, 0.15) is 18.1 Å². The maximum Gasteiger partial charge on any atom is 0.127 e. The molecular formula is C16H18FN. The first-order valence-corrected chi connectivity index (χ1v) is 6.27. The van der Waals surface area contributed by atoms with E-state index in [1.165, 1.54) is 5.56 Å².